The number of thioether (sulfide) groups is 1. The van der Waals surface area contributed by atoms with Gasteiger partial charge in [0.2, 0.25) is 5.91 Å². The Balaban J connectivity index is 1.72. The smallest absolute Gasteiger partial charge is 0.233 e. The second-order valence-electron chi connectivity index (χ2n) is 7.86. The molecular weight excluding hydrogens is 420 g/mol. The van der Waals surface area contributed by atoms with Crippen molar-refractivity contribution in [2.75, 3.05) is 18.8 Å². The summed E-state index contributed by atoms with van der Waals surface area (Å²) in [7, 11) is 0. The van der Waals surface area contributed by atoms with Crippen molar-refractivity contribution in [3.8, 4) is 5.69 Å². The molecule has 9 heteroatoms. The Morgan fingerprint density at radius 2 is 2.07 bits per heavy atom. The lowest BCUT2D eigenvalue weighted by molar-refractivity contribution is -0.129. The zero-order chi connectivity index (χ0) is 21.4. The SMILES string of the molecule is Cc1c(Cl)cccc1-n1c(SCC(=O)N2CCC(C)CC2)nc2n[nH]c(C)c2c1=N. The van der Waals surface area contributed by atoms with E-state index in [4.69, 9.17) is 17.0 Å². The van der Waals surface area contributed by atoms with Gasteiger partial charge >= 0.3 is 0 Å². The van der Waals surface area contributed by atoms with Crippen LogP contribution in [-0.2, 0) is 4.79 Å². The second-order valence-corrected chi connectivity index (χ2v) is 9.21. The van der Waals surface area contributed by atoms with Crippen LogP contribution in [0.3, 0.4) is 0 Å². The fourth-order valence-electron chi connectivity index (χ4n) is 3.76. The molecule has 2 N–H and O–H groups in total. The molecule has 0 spiro atoms. The van der Waals surface area contributed by atoms with Gasteiger partial charge in [-0.15, -0.1) is 0 Å². The van der Waals surface area contributed by atoms with Gasteiger partial charge in [0.15, 0.2) is 10.8 Å². The zero-order valence-electron chi connectivity index (χ0n) is 17.3. The van der Waals surface area contributed by atoms with Gasteiger partial charge in [0.1, 0.15) is 5.49 Å². The fourth-order valence-corrected chi connectivity index (χ4v) is 4.84. The van der Waals surface area contributed by atoms with Crippen molar-refractivity contribution in [3.05, 3.63) is 40.0 Å². The highest BCUT2D eigenvalue weighted by atomic mass is 35.5. The Morgan fingerprint density at radius 1 is 1.33 bits per heavy atom. The Hall–Kier alpha value is -2.32. The van der Waals surface area contributed by atoms with E-state index in [9.17, 15) is 4.79 Å². The number of benzene rings is 1. The lowest BCUT2D eigenvalue weighted by atomic mass is 9.99. The Morgan fingerprint density at radius 3 is 2.80 bits per heavy atom. The highest BCUT2D eigenvalue weighted by Crippen LogP contribution is 2.27. The summed E-state index contributed by atoms with van der Waals surface area (Å²) in [5, 5.41) is 17.9. The predicted molar refractivity (Wildman–Crippen MR) is 119 cm³/mol. The molecule has 0 aliphatic carbocycles. The van der Waals surface area contributed by atoms with Gasteiger partial charge in [0, 0.05) is 23.8 Å². The van der Waals surface area contributed by atoms with E-state index in [2.05, 4.69) is 22.1 Å². The van der Waals surface area contributed by atoms with Crippen LogP contribution < -0.4 is 5.49 Å². The monoisotopic (exact) mass is 444 g/mol. The number of hydrogen-bond acceptors (Lipinski definition) is 5. The number of fused-ring (bicyclic) bond motifs is 1. The minimum atomic E-state index is 0.105. The number of likely N-dealkylation sites (tertiary alicyclic amines) is 1. The number of rotatable bonds is 4. The van der Waals surface area contributed by atoms with Gasteiger partial charge in [-0.1, -0.05) is 36.4 Å². The van der Waals surface area contributed by atoms with Crippen molar-refractivity contribution < 1.29 is 4.79 Å². The van der Waals surface area contributed by atoms with Gasteiger partial charge in [0.25, 0.3) is 0 Å². The van der Waals surface area contributed by atoms with Crippen molar-refractivity contribution in [1.82, 2.24) is 24.6 Å². The third kappa shape index (κ3) is 3.86. The number of nitrogens with zero attached hydrogens (tertiary/aromatic N) is 4. The summed E-state index contributed by atoms with van der Waals surface area (Å²) in [5.74, 6) is 1.05. The first-order chi connectivity index (χ1) is 14.4. The topological polar surface area (TPSA) is 90.7 Å². The zero-order valence-corrected chi connectivity index (χ0v) is 18.9. The first-order valence-electron chi connectivity index (χ1n) is 10.0. The van der Waals surface area contributed by atoms with Crippen LogP contribution in [0.2, 0.25) is 5.02 Å². The number of aryl methyl sites for hydroxylation is 1. The van der Waals surface area contributed by atoms with Gasteiger partial charge in [0.05, 0.1) is 16.8 Å². The van der Waals surface area contributed by atoms with E-state index in [0.29, 0.717) is 27.1 Å². The van der Waals surface area contributed by atoms with Crippen LogP contribution in [-0.4, -0.2) is 49.4 Å². The fraction of sp³-hybridized carbons (Fsp3) is 0.429. The quantitative estimate of drug-likeness (QED) is 0.472. The molecule has 1 aliphatic rings. The number of nitrogens with one attached hydrogen (secondary N) is 2. The molecule has 1 aliphatic heterocycles. The maximum atomic E-state index is 12.8. The van der Waals surface area contributed by atoms with Crippen molar-refractivity contribution in [2.45, 2.75) is 38.8 Å². The summed E-state index contributed by atoms with van der Waals surface area (Å²) in [6, 6.07) is 5.60. The standard InChI is InChI=1S/C21H25ClN6OS/c1-12-7-9-27(10-8-12)17(29)11-30-21-24-20-18(14(3)25-26-20)19(23)28(21)16-6-4-5-15(22)13(16)2/h4-6,12,23H,7-11H2,1-3H3,(H,25,26). The highest BCUT2D eigenvalue weighted by molar-refractivity contribution is 7.99. The largest absolute Gasteiger partial charge is 0.342 e. The van der Waals surface area contributed by atoms with Crippen LogP contribution in [0.5, 0.6) is 0 Å². The summed E-state index contributed by atoms with van der Waals surface area (Å²) in [4.78, 5) is 19.4. The molecule has 0 unspecified atom stereocenters. The van der Waals surface area contributed by atoms with Crippen LogP contribution in [0.25, 0.3) is 16.7 Å². The molecule has 1 saturated heterocycles. The van der Waals surface area contributed by atoms with E-state index in [-0.39, 0.29) is 17.1 Å². The number of hydrogen-bond donors (Lipinski definition) is 2. The normalized spacial score (nSPS) is 15.1. The van der Waals surface area contributed by atoms with E-state index in [1.165, 1.54) is 11.8 Å². The molecule has 1 amide bonds. The number of piperidine rings is 1. The average Bonchev–Trinajstić information content (AvgIpc) is 3.10. The molecule has 0 bridgehead atoms. The van der Waals surface area contributed by atoms with E-state index >= 15 is 0 Å². The van der Waals surface area contributed by atoms with E-state index in [0.717, 1.165) is 42.9 Å². The van der Waals surface area contributed by atoms with Gasteiger partial charge in [-0.05, 0) is 50.3 Å². The molecule has 1 aromatic carbocycles. The van der Waals surface area contributed by atoms with E-state index < -0.39 is 0 Å². The number of carbonyl (C=O) groups is 1. The molecule has 2 aromatic heterocycles. The summed E-state index contributed by atoms with van der Waals surface area (Å²) in [5.41, 5.74) is 3.18. The van der Waals surface area contributed by atoms with Crippen LogP contribution in [0.1, 0.15) is 31.0 Å². The van der Waals surface area contributed by atoms with Crippen LogP contribution in [0.4, 0.5) is 0 Å². The minimum absolute atomic E-state index is 0.105. The predicted octanol–water partition coefficient (Wildman–Crippen LogP) is 3.85. The first kappa shape index (κ1) is 20.9. The van der Waals surface area contributed by atoms with Crippen LogP contribution in [0.15, 0.2) is 23.4 Å². The average molecular weight is 445 g/mol. The number of aromatic amines is 1. The molecule has 7 nitrogen and oxygen atoms in total. The third-order valence-electron chi connectivity index (χ3n) is 5.72. The van der Waals surface area contributed by atoms with Crippen LogP contribution in [0, 0.1) is 25.2 Å². The number of amides is 1. The Labute approximate surface area is 184 Å². The minimum Gasteiger partial charge on any atom is -0.342 e. The van der Waals surface area contributed by atoms with Crippen molar-refractivity contribution in [3.63, 3.8) is 0 Å². The van der Waals surface area contributed by atoms with Crippen LogP contribution >= 0.6 is 23.4 Å². The molecule has 0 atom stereocenters. The van der Waals surface area contributed by atoms with Crippen molar-refractivity contribution >= 4 is 40.3 Å². The summed E-state index contributed by atoms with van der Waals surface area (Å²) < 4.78 is 1.77. The summed E-state index contributed by atoms with van der Waals surface area (Å²) >= 11 is 7.70. The highest BCUT2D eigenvalue weighted by Gasteiger charge is 2.22. The molecule has 158 valence electrons. The maximum absolute atomic E-state index is 12.8. The Bertz CT molecular complexity index is 1160. The van der Waals surface area contributed by atoms with Crippen molar-refractivity contribution in [2.24, 2.45) is 5.92 Å². The number of aromatic nitrogens is 4. The van der Waals surface area contributed by atoms with Gasteiger partial charge in [-0.3, -0.25) is 19.9 Å². The number of H-pyrrole nitrogens is 1. The molecule has 1 fully saturated rings. The lowest BCUT2D eigenvalue weighted by Gasteiger charge is -2.30. The van der Waals surface area contributed by atoms with E-state index in [1.54, 1.807) is 4.57 Å². The molecule has 3 heterocycles. The Kier molecular flexibility index (Phi) is 5.88. The van der Waals surface area contributed by atoms with Gasteiger partial charge in [-0.25, -0.2) is 4.98 Å². The molecule has 4 rings (SSSR count). The third-order valence-corrected chi connectivity index (χ3v) is 7.06. The van der Waals surface area contributed by atoms with E-state index in [1.807, 2.05) is 36.9 Å². The van der Waals surface area contributed by atoms with Gasteiger partial charge in [-0.2, -0.15) is 5.10 Å². The summed E-state index contributed by atoms with van der Waals surface area (Å²) in [6.45, 7) is 7.64. The lowest BCUT2D eigenvalue weighted by Crippen LogP contribution is -2.39. The first-order valence-corrected chi connectivity index (χ1v) is 11.4. The van der Waals surface area contributed by atoms with Crippen molar-refractivity contribution in [1.29, 1.82) is 5.41 Å². The van der Waals surface area contributed by atoms with Gasteiger partial charge < -0.3 is 4.90 Å². The molecule has 0 radical (unpaired) electrons. The molecular formula is C21H25ClN6OS. The molecule has 0 saturated carbocycles. The molecule has 3 aromatic rings. The molecule has 30 heavy (non-hydrogen) atoms. The second kappa shape index (κ2) is 8.43. The number of carbonyl (C=O) groups excluding carboxylic acids is 1. The number of halogens is 1. The maximum Gasteiger partial charge on any atom is 0.233 e. The summed E-state index contributed by atoms with van der Waals surface area (Å²) in [6.07, 6.45) is 2.09.